The van der Waals surface area contributed by atoms with Gasteiger partial charge in [0.2, 0.25) is 5.91 Å². The SMILES string of the molecule is CC(C)(C(N)=O)N1CCN(CC2Cc3nc(-c4cncc5ccccc45)nc(N4CCOCC4)c3S2)CC1. The number of morpholine rings is 1. The van der Waals surface area contributed by atoms with Gasteiger partial charge in [-0.15, -0.1) is 11.8 Å². The molecule has 0 radical (unpaired) electrons. The number of anilines is 1. The number of hydrogen-bond donors (Lipinski definition) is 1. The van der Waals surface area contributed by atoms with Crippen LogP contribution in [-0.2, 0) is 16.0 Å². The average molecular weight is 534 g/mol. The Kier molecular flexibility index (Phi) is 6.98. The lowest BCUT2D eigenvalue weighted by molar-refractivity contribution is -0.129. The lowest BCUT2D eigenvalue weighted by Gasteiger charge is -2.42. The Morgan fingerprint density at radius 1 is 1.08 bits per heavy atom. The number of fused-ring (bicyclic) bond motifs is 2. The minimum absolute atomic E-state index is 0.265. The third kappa shape index (κ3) is 4.86. The summed E-state index contributed by atoms with van der Waals surface area (Å²) in [5, 5.41) is 2.62. The fraction of sp³-hybridized carbons (Fsp3) is 0.500. The third-order valence-electron chi connectivity index (χ3n) is 8.07. The Hall–Kier alpha value is -2.79. The zero-order valence-electron chi connectivity index (χ0n) is 22.1. The molecule has 6 rings (SSSR count). The summed E-state index contributed by atoms with van der Waals surface area (Å²) in [6.07, 6.45) is 4.70. The first-order chi connectivity index (χ1) is 18.4. The number of aromatic nitrogens is 3. The molecule has 1 unspecified atom stereocenters. The maximum atomic E-state index is 11.9. The molecule has 0 aliphatic carbocycles. The molecule has 3 aromatic rings. The topological polar surface area (TPSA) is 101 Å². The first kappa shape index (κ1) is 25.5. The average Bonchev–Trinajstić information content (AvgIpc) is 3.35. The van der Waals surface area contributed by atoms with E-state index in [1.54, 1.807) is 0 Å². The number of nitrogens with zero attached hydrogens (tertiary/aromatic N) is 6. The molecular weight excluding hydrogens is 498 g/mol. The second-order valence-electron chi connectivity index (χ2n) is 10.8. The van der Waals surface area contributed by atoms with Gasteiger partial charge in [0.1, 0.15) is 5.82 Å². The molecule has 1 amide bonds. The molecule has 9 nitrogen and oxygen atoms in total. The van der Waals surface area contributed by atoms with Crippen molar-refractivity contribution >= 4 is 34.3 Å². The Balaban J connectivity index is 1.25. The van der Waals surface area contributed by atoms with Gasteiger partial charge < -0.3 is 15.4 Å². The molecule has 2 fully saturated rings. The summed E-state index contributed by atoms with van der Waals surface area (Å²) in [7, 11) is 0. The van der Waals surface area contributed by atoms with Crippen LogP contribution in [0, 0.1) is 0 Å². The van der Waals surface area contributed by atoms with Crippen molar-refractivity contribution in [3.63, 3.8) is 0 Å². The van der Waals surface area contributed by atoms with Crippen molar-refractivity contribution in [3.05, 3.63) is 42.4 Å². The first-order valence-corrected chi connectivity index (χ1v) is 14.3. The Labute approximate surface area is 227 Å². The summed E-state index contributed by atoms with van der Waals surface area (Å²) in [5.74, 6) is 1.51. The number of hydrogen-bond acceptors (Lipinski definition) is 9. The Bertz CT molecular complexity index is 1330. The second-order valence-corrected chi connectivity index (χ2v) is 12.1. The molecule has 38 heavy (non-hydrogen) atoms. The minimum Gasteiger partial charge on any atom is -0.378 e. The predicted octanol–water partition coefficient (Wildman–Crippen LogP) is 2.43. The van der Waals surface area contributed by atoms with Gasteiger partial charge in [-0.3, -0.25) is 19.6 Å². The fourth-order valence-electron chi connectivity index (χ4n) is 5.61. The zero-order chi connectivity index (χ0) is 26.3. The lowest BCUT2D eigenvalue weighted by atomic mass is 10.0. The smallest absolute Gasteiger partial charge is 0.237 e. The standard InChI is InChI=1S/C28H35N7O2S/c1-28(2,27(29)36)35-9-7-33(8-10-35)18-20-15-23-24(38-20)26(34-11-13-37-14-12-34)32-25(31-23)22-17-30-16-19-5-3-4-6-21(19)22/h3-6,16-17,20H,7-15,18H2,1-2H3,(H2,29,36). The third-order valence-corrected chi connectivity index (χ3v) is 9.37. The van der Waals surface area contributed by atoms with Gasteiger partial charge in [-0.25, -0.2) is 9.97 Å². The van der Waals surface area contributed by atoms with Gasteiger partial charge in [0, 0.05) is 80.8 Å². The second kappa shape index (κ2) is 10.4. The highest BCUT2D eigenvalue weighted by atomic mass is 32.2. The van der Waals surface area contributed by atoms with Crippen LogP contribution in [0.25, 0.3) is 22.2 Å². The highest BCUT2D eigenvalue weighted by Crippen LogP contribution is 2.43. The van der Waals surface area contributed by atoms with Crippen LogP contribution < -0.4 is 10.6 Å². The van der Waals surface area contributed by atoms with E-state index in [9.17, 15) is 4.79 Å². The Morgan fingerprint density at radius 2 is 1.84 bits per heavy atom. The van der Waals surface area contributed by atoms with Crippen LogP contribution in [0.2, 0.25) is 0 Å². The molecule has 3 aliphatic heterocycles. The number of rotatable bonds is 6. The highest BCUT2D eigenvalue weighted by molar-refractivity contribution is 8.00. The summed E-state index contributed by atoms with van der Waals surface area (Å²) in [6, 6.07) is 8.29. The molecule has 2 aromatic heterocycles. The molecule has 0 spiro atoms. The van der Waals surface area contributed by atoms with Gasteiger partial charge in [-0.2, -0.15) is 0 Å². The van der Waals surface area contributed by atoms with Crippen LogP contribution in [0.4, 0.5) is 5.82 Å². The molecule has 200 valence electrons. The van der Waals surface area contributed by atoms with E-state index in [0.29, 0.717) is 18.5 Å². The molecular formula is C28H35N7O2S. The molecule has 2 N–H and O–H groups in total. The van der Waals surface area contributed by atoms with E-state index in [1.807, 2.05) is 44.1 Å². The molecule has 0 saturated carbocycles. The van der Waals surface area contributed by atoms with Crippen LogP contribution in [-0.4, -0.2) is 100 Å². The maximum absolute atomic E-state index is 11.9. The summed E-state index contributed by atoms with van der Waals surface area (Å²) in [5.41, 5.74) is 7.15. The van der Waals surface area contributed by atoms with E-state index < -0.39 is 5.54 Å². The quantitative estimate of drug-likeness (QED) is 0.512. The van der Waals surface area contributed by atoms with Gasteiger partial charge in [-0.05, 0) is 19.2 Å². The number of nitrogens with two attached hydrogens (primary N) is 1. The molecule has 2 saturated heterocycles. The number of pyridine rings is 1. The van der Waals surface area contributed by atoms with Crippen molar-refractivity contribution in [2.24, 2.45) is 5.73 Å². The summed E-state index contributed by atoms with van der Waals surface area (Å²) < 4.78 is 5.64. The molecule has 10 heteroatoms. The van der Waals surface area contributed by atoms with Gasteiger partial charge in [0.25, 0.3) is 0 Å². The van der Waals surface area contributed by atoms with E-state index in [-0.39, 0.29) is 5.91 Å². The summed E-state index contributed by atoms with van der Waals surface area (Å²) >= 11 is 1.92. The van der Waals surface area contributed by atoms with Crippen LogP contribution in [0.1, 0.15) is 19.5 Å². The number of benzene rings is 1. The maximum Gasteiger partial charge on any atom is 0.237 e. The first-order valence-electron chi connectivity index (χ1n) is 13.4. The van der Waals surface area contributed by atoms with Crippen molar-refractivity contribution in [1.29, 1.82) is 0 Å². The lowest BCUT2D eigenvalue weighted by Crippen LogP contribution is -2.60. The van der Waals surface area contributed by atoms with Gasteiger partial charge >= 0.3 is 0 Å². The molecule has 1 aromatic carbocycles. The monoisotopic (exact) mass is 533 g/mol. The van der Waals surface area contributed by atoms with Crippen molar-refractivity contribution < 1.29 is 9.53 Å². The molecule has 5 heterocycles. The van der Waals surface area contributed by atoms with Crippen LogP contribution in [0.3, 0.4) is 0 Å². The van der Waals surface area contributed by atoms with Gasteiger partial charge in [0.15, 0.2) is 5.82 Å². The number of primary amides is 1. The van der Waals surface area contributed by atoms with Crippen LogP contribution >= 0.6 is 11.8 Å². The van der Waals surface area contributed by atoms with Gasteiger partial charge in [0.05, 0.1) is 29.3 Å². The van der Waals surface area contributed by atoms with E-state index in [1.165, 1.54) is 4.90 Å². The largest absolute Gasteiger partial charge is 0.378 e. The van der Waals surface area contributed by atoms with E-state index in [2.05, 4.69) is 37.9 Å². The van der Waals surface area contributed by atoms with Gasteiger partial charge in [-0.1, -0.05) is 24.3 Å². The Morgan fingerprint density at radius 3 is 2.61 bits per heavy atom. The highest BCUT2D eigenvalue weighted by Gasteiger charge is 2.36. The van der Waals surface area contributed by atoms with E-state index in [4.69, 9.17) is 20.4 Å². The van der Waals surface area contributed by atoms with Crippen molar-refractivity contribution in [2.75, 3.05) is 63.9 Å². The van der Waals surface area contributed by atoms with E-state index >= 15 is 0 Å². The van der Waals surface area contributed by atoms with E-state index in [0.717, 1.165) is 85.9 Å². The van der Waals surface area contributed by atoms with Crippen molar-refractivity contribution in [2.45, 2.75) is 36.0 Å². The normalized spacial score (nSPS) is 21.1. The number of carbonyl (C=O) groups is 1. The molecule has 1 atom stereocenters. The fourth-order valence-corrected chi connectivity index (χ4v) is 7.01. The number of ether oxygens (including phenoxy) is 1. The number of amides is 1. The predicted molar refractivity (Wildman–Crippen MR) is 150 cm³/mol. The number of thioether (sulfide) groups is 1. The molecule has 3 aliphatic rings. The summed E-state index contributed by atoms with van der Waals surface area (Å²) in [4.78, 5) is 35.0. The zero-order valence-corrected chi connectivity index (χ0v) is 22.9. The van der Waals surface area contributed by atoms with Crippen molar-refractivity contribution in [1.82, 2.24) is 24.8 Å². The van der Waals surface area contributed by atoms with Crippen molar-refractivity contribution in [3.8, 4) is 11.4 Å². The number of piperazine rings is 1. The molecule has 0 bridgehead atoms. The van der Waals surface area contributed by atoms with Crippen LogP contribution in [0.15, 0.2) is 41.6 Å². The number of carbonyl (C=O) groups excluding carboxylic acids is 1. The summed E-state index contributed by atoms with van der Waals surface area (Å²) in [6.45, 7) is 11.5. The minimum atomic E-state index is -0.611. The van der Waals surface area contributed by atoms with Crippen LogP contribution in [0.5, 0.6) is 0 Å².